The fourth-order valence-electron chi connectivity index (χ4n) is 3.03. The van der Waals surface area contributed by atoms with Gasteiger partial charge in [0.15, 0.2) is 0 Å². The van der Waals surface area contributed by atoms with Crippen molar-refractivity contribution in [1.82, 2.24) is 9.97 Å². The normalized spacial score (nSPS) is 15.0. The summed E-state index contributed by atoms with van der Waals surface area (Å²) in [7, 11) is 0. The van der Waals surface area contributed by atoms with Gasteiger partial charge in [0.1, 0.15) is 17.5 Å². The summed E-state index contributed by atoms with van der Waals surface area (Å²) >= 11 is 0. The number of hydrogen-bond acceptors (Lipinski definition) is 4. The van der Waals surface area contributed by atoms with Crippen LogP contribution in [0.25, 0.3) is 10.9 Å². The molecule has 1 aromatic heterocycles. The van der Waals surface area contributed by atoms with Gasteiger partial charge in [-0.1, -0.05) is 18.2 Å². The molecule has 2 aromatic carbocycles. The zero-order valence-electron chi connectivity index (χ0n) is 14.5. The molecule has 1 aliphatic rings. The maximum absolute atomic E-state index is 13.8. The van der Waals surface area contributed by atoms with E-state index in [-0.39, 0.29) is 6.54 Å². The van der Waals surface area contributed by atoms with Gasteiger partial charge < -0.3 is 10.6 Å². The number of fused-ring (bicyclic) bond motifs is 1. The molecule has 1 atom stereocenters. The lowest BCUT2D eigenvalue weighted by Crippen LogP contribution is -2.19. The zero-order valence-corrected chi connectivity index (χ0v) is 14.5. The van der Waals surface area contributed by atoms with Gasteiger partial charge in [0.2, 0.25) is 5.95 Å². The van der Waals surface area contributed by atoms with E-state index >= 15 is 0 Å². The molecule has 4 rings (SSSR count). The highest BCUT2D eigenvalue weighted by Crippen LogP contribution is 2.34. The summed E-state index contributed by atoms with van der Waals surface area (Å²) in [6.45, 7) is 2.34. The first-order valence-electron chi connectivity index (χ1n) is 8.81. The van der Waals surface area contributed by atoms with Crippen LogP contribution in [0.4, 0.5) is 20.5 Å². The molecular weight excluding hydrogens is 334 g/mol. The summed E-state index contributed by atoms with van der Waals surface area (Å²) in [4.78, 5) is 9.09. The average Bonchev–Trinajstić information content (AvgIpc) is 3.46. The van der Waals surface area contributed by atoms with Crippen LogP contribution in [0.1, 0.15) is 25.3 Å². The molecule has 6 heteroatoms. The summed E-state index contributed by atoms with van der Waals surface area (Å²) < 4.78 is 26.9. The molecule has 1 fully saturated rings. The van der Waals surface area contributed by atoms with E-state index in [4.69, 9.17) is 0 Å². The molecular formula is C20H20F2N4. The lowest BCUT2D eigenvalue weighted by atomic mass is 10.2. The molecule has 1 unspecified atom stereocenters. The van der Waals surface area contributed by atoms with Crippen molar-refractivity contribution in [2.45, 2.75) is 32.4 Å². The van der Waals surface area contributed by atoms with Gasteiger partial charge in [-0.25, -0.2) is 13.8 Å². The Morgan fingerprint density at radius 1 is 1.12 bits per heavy atom. The first-order chi connectivity index (χ1) is 12.6. The minimum atomic E-state index is -0.589. The third-order valence-electron chi connectivity index (χ3n) is 4.75. The van der Waals surface area contributed by atoms with Crippen LogP contribution in [0.3, 0.4) is 0 Å². The van der Waals surface area contributed by atoms with E-state index in [0.717, 1.165) is 22.8 Å². The van der Waals surface area contributed by atoms with Crippen molar-refractivity contribution in [1.29, 1.82) is 0 Å². The van der Waals surface area contributed by atoms with Crippen molar-refractivity contribution in [3.63, 3.8) is 0 Å². The van der Waals surface area contributed by atoms with Crippen molar-refractivity contribution < 1.29 is 8.78 Å². The van der Waals surface area contributed by atoms with Crippen LogP contribution in [0.15, 0.2) is 42.5 Å². The quantitative estimate of drug-likeness (QED) is 0.672. The summed E-state index contributed by atoms with van der Waals surface area (Å²) in [5, 5.41) is 7.49. The van der Waals surface area contributed by atoms with Crippen LogP contribution < -0.4 is 10.6 Å². The SMILES string of the molecule is CC(Nc1nc(NCc2ccc(F)cc2F)nc2ccccc12)C1CC1. The predicted molar refractivity (Wildman–Crippen MR) is 99.0 cm³/mol. The third kappa shape index (κ3) is 3.59. The largest absolute Gasteiger partial charge is 0.367 e. The molecule has 0 radical (unpaired) electrons. The smallest absolute Gasteiger partial charge is 0.225 e. The number of halogens is 2. The first-order valence-corrected chi connectivity index (χ1v) is 8.81. The molecule has 2 N–H and O–H groups in total. The fourth-order valence-corrected chi connectivity index (χ4v) is 3.03. The second-order valence-corrected chi connectivity index (χ2v) is 6.77. The molecule has 0 saturated heterocycles. The molecule has 0 amide bonds. The number of nitrogens with zero attached hydrogens (tertiary/aromatic N) is 2. The number of anilines is 2. The summed E-state index contributed by atoms with van der Waals surface area (Å²) in [5.74, 6) is 0.705. The third-order valence-corrected chi connectivity index (χ3v) is 4.75. The van der Waals surface area contributed by atoms with Crippen molar-refractivity contribution in [3.8, 4) is 0 Å². The zero-order chi connectivity index (χ0) is 18.1. The maximum Gasteiger partial charge on any atom is 0.225 e. The van der Waals surface area contributed by atoms with E-state index in [9.17, 15) is 8.78 Å². The topological polar surface area (TPSA) is 49.8 Å². The van der Waals surface area contributed by atoms with E-state index < -0.39 is 11.6 Å². The van der Waals surface area contributed by atoms with Gasteiger partial charge in [-0.05, 0) is 43.9 Å². The van der Waals surface area contributed by atoms with Gasteiger partial charge in [-0.15, -0.1) is 0 Å². The first kappa shape index (κ1) is 16.7. The molecule has 3 aromatic rings. The van der Waals surface area contributed by atoms with Gasteiger partial charge in [0.05, 0.1) is 5.52 Å². The minimum Gasteiger partial charge on any atom is -0.367 e. The summed E-state index contributed by atoms with van der Waals surface area (Å²) in [6, 6.07) is 11.7. The highest BCUT2D eigenvalue weighted by Gasteiger charge is 2.28. The van der Waals surface area contributed by atoms with E-state index in [2.05, 4.69) is 27.5 Å². The Morgan fingerprint density at radius 3 is 2.69 bits per heavy atom. The van der Waals surface area contributed by atoms with Crippen molar-refractivity contribution in [3.05, 3.63) is 59.7 Å². The average molecular weight is 354 g/mol. The minimum absolute atomic E-state index is 0.183. The van der Waals surface area contributed by atoms with E-state index in [1.165, 1.54) is 25.0 Å². The van der Waals surface area contributed by atoms with Crippen molar-refractivity contribution >= 4 is 22.7 Å². The van der Waals surface area contributed by atoms with E-state index in [0.29, 0.717) is 23.5 Å². The Hall–Kier alpha value is -2.76. The Labute approximate surface area is 150 Å². The van der Waals surface area contributed by atoms with Crippen LogP contribution in [-0.2, 0) is 6.54 Å². The Morgan fingerprint density at radius 2 is 1.92 bits per heavy atom. The number of rotatable bonds is 6. The standard InChI is InChI=1S/C20H20F2N4/c1-12(13-6-7-13)24-19-16-4-2-3-5-18(16)25-20(26-19)23-11-14-8-9-15(21)10-17(14)22/h2-5,8-10,12-13H,6-7,11H2,1H3,(H2,23,24,25,26). The monoisotopic (exact) mass is 354 g/mol. The molecule has 0 aliphatic heterocycles. The highest BCUT2D eigenvalue weighted by molar-refractivity contribution is 5.90. The van der Waals surface area contributed by atoms with Gasteiger partial charge in [0, 0.05) is 29.6 Å². The number of nitrogens with one attached hydrogen (secondary N) is 2. The predicted octanol–water partition coefficient (Wildman–Crippen LogP) is 4.73. The Kier molecular flexibility index (Phi) is 4.41. The Bertz CT molecular complexity index is 940. The number of aromatic nitrogens is 2. The fraction of sp³-hybridized carbons (Fsp3) is 0.300. The lowest BCUT2D eigenvalue weighted by molar-refractivity contribution is 0.574. The Balaban J connectivity index is 1.60. The molecule has 1 heterocycles. The van der Waals surface area contributed by atoms with Gasteiger partial charge >= 0.3 is 0 Å². The molecule has 4 nitrogen and oxygen atoms in total. The van der Waals surface area contributed by atoms with Crippen LogP contribution in [-0.4, -0.2) is 16.0 Å². The summed E-state index contributed by atoms with van der Waals surface area (Å²) in [5.41, 5.74) is 1.18. The number of benzene rings is 2. The van der Waals surface area contributed by atoms with Crippen LogP contribution >= 0.6 is 0 Å². The second kappa shape index (κ2) is 6.86. The van der Waals surface area contributed by atoms with Crippen LogP contribution in [0, 0.1) is 17.6 Å². The van der Waals surface area contributed by atoms with Crippen LogP contribution in [0.5, 0.6) is 0 Å². The van der Waals surface area contributed by atoms with Crippen LogP contribution in [0.2, 0.25) is 0 Å². The maximum atomic E-state index is 13.8. The van der Waals surface area contributed by atoms with Gasteiger partial charge in [0.25, 0.3) is 0 Å². The molecule has 1 aliphatic carbocycles. The molecule has 134 valence electrons. The van der Waals surface area contributed by atoms with Crippen molar-refractivity contribution in [2.24, 2.45) is 5.92 Å². The summed E-state index contributed by atoms with van der Waals surface area (Å²) in [6.07, 6.45) is 2.48. The molecule has 26 heavy (non-hydrogen) atoms. The lowest BCUT2D eigenvalue weighted by Gasteiger charge is -2.16. The van der Waals surface area contributed by atoms with E-state index in [1.807, 2.05) is 24.3 Å². The van der Waals surface area contributed by atoms with Gasteiger partial charge in [-0.3, -0.25) is 0 Å². The number of para-hydroxylation sites is 1. The molecule has 0 bridgehead atoms. The number of hydrogen-bond donors (Lipinski definition) is 2. The molecule has 0 spiro atoms. The van der Waals surface area contributed by atoms with Gasteiger partial charge in [-0.2, -0.15) is 4.98 Å². The second-order valence-electron chi connectivity index (χ2n) is 6.77. The molecule has 1 saturated carbocycles. The van der Waals surface area contributed by atoms with E-state index in [1.54, 1.807) is 0 Å². The van der Waals surface area contributed by atoms with Crippen molar-refractivity contribution in [2.75, 3.05) is 10.6 Å². The highest BCUT2D eigenvalue weighted by atomic mass is 19.1.